The summed E-state index contributed by atoms with van der Waals surface area (Å²) in [5, 5.41) is 3.14. The molecule has 1 fully saturated rings. The average Bonchev–Trinajstić information content (AvgIpc) is 2.61. The van der Waals surface area contributed by atoms with Crippen LogP contribution < -0.4 is 10.2 Å². The molecule has 2 heterocycles. The predicted octanol–water partition coefficient (Wildman–Crippen LogP) is 2.37. The molecule has 0 amide bonds. The molecule has 0 aromatic carbocycles. The van der Waals surface area contributed by atoms with Crippen molar-refractivity contribution in [3.05, 3.63) is 11.4 Å². The van der Waals surface area contributed by atoms with Gasteiger partial charge in [-0.15, -0.1) is 0 Å². The number of rotatable bonds is 2. The van der Waals surface area contributed by atoms with Crippen molar-refractivity contribution in [2.24, 2.45) is 5.41 Å². The summed E-state index contributed by atoms with van der Waals surface area (Å²) < 4.78 is 0. The first-order valence-corrected chi connectivity index (χ1v) is 6.21. The topological polar surface area (TPSA) is 41.1 Å². The van der Waals surface area contributed by atoms with Gasteiger partial charge in [-0.2, -0.15) is 0 Å². The first kappa shape index (κ1) is 12.1. The van der Waals surface area contributed by atoms with Gasteiger partial charge in [-0.25, -0.2) is 9.97 Å². The second-order valence-corrected chi connectivity index (χ2v) is 5.65. The van der Waals surface area contributed by atoms with Gasteiger partial charge >= 0.3 is 0 Å². The number of aromatic nitrogens is 2. The van der Waals surface area contributed by atoms with Crippen LogP contribution in [0.3, 0.4) is 0 Å². The van der Waals surface area contributed by atoms with Crippen LogP contribution in [0.25, 0.3) is 0 Å². The molecule has 0 aliphatic carbocycles. The van der Waals surface area contributed by atoms with Gasteiger partial charge in [-0.1, -0.05) is 13.8 Å². The highest BCUT2D eigenvalue weighted by Gasteiger charge is 2.31. The van der Waals surface area contributed by atoms with E-state index in [0.29, 0.717) is 5.41 Å². The summed E-state index contributed by atoms with van der Waals surface area (Å²) in [5.41, 5.74) is 1.54. The van der Waals surface area contributed by atoms with Gasteiger partial charge in [0.05, 0.1) is 0 Å². The number of aryl methyl sites for hydroxylation is 1. The maximum absolute atomic E-state index is 4.60. The van der Waals surface area contributed by atoms with E-state index in [4.69, 9.17) is 0 Å². The largest absolute Gasteiger partial charge is 0.373 e. The highest BCUT2D eigenvalue weighted by Crippen LogP contribution is 2.34. The Kier molecular flexibility index (Phi) is 2.98. The SMILES string of the molecule is CNc1nc(C)nc(N2CCC(C)(C)C2)c1C. The molecule has 0 bridgehead atoms. The Bertz CT molecular complexity index is 426. The van der Waals surface area contributed by atoms with E-state index in [1.807, 2.05) is 14.0 Å². The van der Waals surface area contributed by atoms with E-state index in [0.717, 1.165) is 36.1 Å². The van der Waals surface area contributed by atoms with E-state index >= 15 is 0 Å². The standard InChI is InChI=1S/C13H22N4/c1-9-11(14-5)15-10(2)16-12(9)17-7-6-13(3,4)8-17/h6-8H2,1-5H3,(H,14,15,16). The molecule has 1 aromatic rings. The first-order valence-electron chi connectivity index (χ1n) is 6.21. The molecule has 0 atom stereocenters. The Balaban J connectivity index is 2.36. The van der Waals surface area contributed by atoms with Crippen LogP contribution in [0.1, 0.15) is 31.7 Å². The van der Waals surface area contributed by atoms with Gasteiger partial charge in [0.2, 0.25) is 0 Å². The minimum absolute atomic E-state index is 0.394. The third-order valence-corrected chi connectivity index (χ3v) is 3.45. The smallest absolute Gasteiger partial charge is 0.137 e. The Morgan fingerprint density at radius 2 is 1.94 bits per heavy atom. The molecule has 17 heavy (non-hydrogen) atoms. The van der Waals surface area contributed by atoms with Crippen LogP contribution in [-0.4, -0.2) is 30.1 Å². The molecule has 94 valence electrons. The first-order chi connectivity index (χ1) is 7.93. The van der Waals surface area contributed by atoms with Crippen LogP contribution in [0, 0.1) is 19.3 Å². The van der Waals surface area contributed by atoms with E-state index in [1.54, 1.807) is 0 Å². The van der Waals surface area contributed by atoms with E-state index in [9.17, 15) is 0 Å². The van der Waals surface area contributed by atoms with Crippen molar-refractivity contribution in [2.75, 3.05) is 30.4 Å². The molecule has 4 heteroatoms. The van der Waals surface area contributed by atoms with Gasteiger partial charge in [0.25, 0.3) is 0 Å². The lowest BCUT2D eigenvalue weighted by Gasteiger charge is -2.23. The highest BCUT2D eigenvalue weighted by atomic mass is 15.2. The fourth-order valence-electron chi connectivity index (χ4n) is 2.46. The lowest BCUT2D eigenvalue weighted by Crippen LogP contribution is -2.25. The van der Waals surface area contributed by atoms with Gasteiger partial charge in [0.1, 0.15) is 17.5 Å². The highest BCUT2D eigenvalue weighted by molar-refractivity contribution is 5.59. The summed E-state index contributed by atoms with van der Waals surface area (Å²) in [6, 6.07) is 0. The van der Waals surface area contributed by atoms with E-state index < -0.39 is 0 Å². The lowest BCUT2D eigenvalue weighted by molar-refractivity contribution is 0.418. The fraction of sp³-hybridized carbons (Fsp3) is 0.692. The molecule has 0 unspecified atom stereocenters. The Morgan fingerprint density at radius 3 is 2.47 bits per heavy atom. The van der Waals surface area contributed by atoms with Crippen molar-refractivity contribution < 1.29 is 0 Å². The third kappa shape index (κ3) is 2.35. The van der Waals surface area contributed by atoms with Crippen molar-refractivity contribution in [3.63, 3.8) is 0 Å². The molecular weight excluding hydrogens is 212 g/mol. The molecule has 1 aliphatic heterocycles. The number of hydrogen-bond acceptors (Lipinski definition) is 4. The van der Waals surface area contributed by atoms with E-state index in [2.05, 4.69) is 41.0 Å². The summed E-state index contributed by atoms with van der Waals surface area (Å²) in [4.78, 5) is 11.4. The van der Waals surface area contributed by atoms with Gasteiger partial charge in [0, 0.05) is 25.7 Å². The zero-order valence-corrected chi connectivity index (χ0v) is 11.5. The number of nitrogens with zero attached hydrogens (tertiary/aromatic N) is 3. The van der Waals surface area contributed by atoms with Gasteiger partial charge < -0.3 is 10.2 Å². The molecule has 4 nitrogen and oxygen atoms in total. The molecule has 0 spiro atoms. The van der Waals surface area contributed by atoms with Gasteiger partial charge in [0.15, 0.2) is 0 Å². The van der Waals surface area contributed by atoms with Crippen LogP contribution in [0.2, 0.25) is 0 Å². The molecular formula is C13H22N4. The van der Waals surface area contributed by atoms with Crippen molar-refractivity contribution >= 4 is 11.6 Å². The maximum atomic E-state index is 4.60. The van der Waals surface area contributed by atoms with Crippen LogP contribution >= 0.6 is 0 Å². The monoisotopic (exact) mass is 234 g/mol. The quantitative estimate of drug-likeness (QED) is 0.853. The second kappa shape index (κ2) is 4.17. The number of anilines is 2. The average molecular weight is 234 g/mol. The Morgan fingerprint density at radius 1 is 1.24 bits per heavy atom. The molecule has 2 rings (SSSR count). The molecule has 0 radical (unpaired) electrons. The van der Waals surface area contributed by atoms with Crippen LogP contribution in [-0.2, 0) is 0 Å². The van der Waals surface area contributed by atoms with E-state index in [-0.39, 0.29) is 0 Å². The summed E-state index contributed by atoms with van der Waals surface area (Å²) in [7, 11) is 1.91. The second-order valence-electron chi connectivity index (χ2n) is 5.65. The maximum Gasteiger partial charge on any atom is 0.137 e. The number of hydrogen-bond donors (Lipinski definition) is 1. The lowest BCUT2D eigenvalue weighted by atomic mass is 9.93. The normalized spacial score (nSPS) is 18.5. The van der Waals surface area contributed by atoms with Crippen molar-refractivity contribution in [1.29, 1.82) is 0 Å². The molecule has 1 saturated heterocycles. The van der Waals surface area contributed by atoms with E-state index in [1.165, 1.54) is 6.42 Å². The van der Waals surface area contributed by atoms with Gasteiger partial charge in [-0.3, -0.25) is 0 Å². The summed E-state index contributed by atoms with van der Waals surface area (Å²) >= 11 is 0. The van der Waals surface area contributed by atoms with Crippen LogP contribution in [0.4, 0.5) is 11.6 Å². The van der Waals surface area contributed by atoms with Crippen molar-refractivity contribution in [3.8, 4) is 0 Å². The molecule has 1 N–H and O–H groups in total. The predicted molar refractivity (Wildman–Crippen MR) is 71.7 cm³/mol. The third-order valence-electron chi connectivity index (χ3n) is 3.45. The van der Waals surface area contributed by atoms with Crippen LogP contribution in [0.15, 0.2) is 0 Å². The summed E-state index contributed by atoms with van der Waals surface area (Å²) in [6.45, 7) is 10.8. The molecule has 0 saturated carbocycles. The minimum atomic E-state index is 0.394. The van der Waals surface area contributed by atoms with Crippen molar-refractivity contribution in [1.82, 2.24) is 9.97 Å². The number of nitrogens with one attached hydrogen (secondary N) is 1. The molecule has 1 aliphatic rings. The Labute approximate surface area is 103 Å². The zero-order valence-electron chi connectivity index (χ0n) is 11.5. The summed E-state index contributed by atoms with van der Waals surface area (Å²) in [6.07, 6.45) is 1.23. The fourth-order valence-corrected chi connectivity index (χ4v) is 2.46. The Hall–Kier alpha value is -1.32. The van der Waals surface area contributed by atoms with Crippen molar-refractivity contribution in [2.45, 2.75) is 34.1 Å². The molecule has 1 aromatic heterocycles. The zero-order chi connectivity index (χ0) is 12.6. The minimum Gasteiger partial charge on any atom is -0.373 e. The van der Waals surface area contributed by atoms with Crippen LogP contribution in [0.5, 0.6) is 0 Å². The van der Waals surface area contributed by atoms with Gasteiger partial charge in [-0.05, 0) is 25.7 Å². The summed E-state index contributed by atoms with van der Waals surface area (Å²) in [5.74, 6) is 2.87.